The van der Waals surface area contributed by atoms with Crippen molar-refractivity contribution in [3.05, 3.63) is 48.4 Å². The van der Waals surface area contributed by atoms with Crippen molar-refractivity contribution >= 4 is 11.6 Å². The molecule has 0 radical (unpaired) electrons. The average Bonchev–Trinajstić information content (AvgIpc) is 3.49. The van der Waals surface area contributed by atoms with E-state index in [1.54, 1.807) is 24.1 Å². The highest BCUT2D eigenvalue weighted by molar-refractivity contribution is 5.77. The molecule has 0 bridgehead atoms. The van der Waals surface area contributed by atoms with Crippen LogP contribution in [-0.2, 0) is 13.2 Å². The summed E-state index contributed by atoms with van der Waals surface area (Å²) in [6.45, 7) is 0. The standard InChI is InChI=1S/C21H20F3N7/c1-30-11-14(10-25-30)18-19-28-29-20(26-16-4-2-3-5-16)31(19)12-17(27-18)13-6-8-15(9-7-13)21(22,23)24/h6-12,16H,2-5H2,1H3,(H,26,29). The zero-order chi connectivity index (χ0) is 21.6. The first-order valence-corrected chi connectivity index (χ1v) is 10.1. The minimum Gasteiger partial charge on any atom is -0.351 e. The molecule has 0 atom stereocenters. The summed E-state index contributed by atoms with van der Waals surface area (Å²) < 4.78 is 42.4. The van der Waals surface area contributed by atoms with E-state index in [0.717, 1.165) is 30.5 Å². The van der Waals surface area contributed by atoms with Crippen LogP contribution < -0.4 is 5.32 Å². The van der Waals surface area contributed by atoms with Crippen molar-refractivity contribution in [3.8, 4) is 22.5 Å². The number of rotatable bonds is 4. The Hall–Kier alpha value is -3.43. The van der Waals surface area contributed by atoms with Gasteiger partial charge in [-0.3, -0.25) is 9.08 Å². The molecule has 0 amide bonds. The molecule has 160 valence electrons. The van der Waals surface area contributed by atoms with Crippen LogP contribution in [0.4, 0.5) is 19.1 Å². The van der Waals surface area contributed by atoms with E-state index in [4.69, 9.17) is 4.98 Å². The van der Waals surface area contributed by atoms with Gasteiger partial charge in [-0.15, -0.1) is 10.2 Å². The molecule has 31 heavy (non-hydrogen) atoms. The van der Waals surface area contributed by atoms with Gasteiger partial charge in [-0.05, 0) is 25.0 Å². The Morgan fingerprint density at radius 2 is 1.74 bits per heavy atom. The minimum absolute atomic E-state index is 0.330. The Morgan fingerprint density at radius 3 is 2.39 bits per heavy atom. The number of hydrogen-bond donors (Lipinski definition) is 1. The molecule has 1 aromatic carbocycles. The normalized spacial score (nSPS) is 15.1. The SMILES string of the molecule is Cn1cc(-c2nc(-c3ccc(C(F)(F)F)cc3)cn3c(NC4CCCC4)nnc23)cn1. The highest BCUT2D eigenvalue weighted by Crippen LogP contribution is 2.32. The fourth-order valence-electron chi connectivity index (χ4n) is 3.95. The van der Waals surface area contributed by atoms with Gasteiger partial charge in [0.05, 0.1) is 17.5 Å². The lowest BCUT2D eigenvalue weighted by Crippen LogP contribution is -2.16. The number of benzene rings is 1. The van der Waals surface area contributed by atoms with Crippen LogP contribution in [0.3, 0.4) is 0 Å². The van der Waals surface area contributed by atoms with Crippen LogP contribution in [0.2, 0.25) is 0 Å². The Kier molecular flexibility index (Phi) is 4.64. The van der Waals surface area contributed by atoms with Gasteiger partial charge < -0.3 is 5.32 Å². The first-order chi connectivity index (χ1) is 14.9. The van der Waals surface area contributed by atoms with E-state index >= 15 is 0 Å². The van der Waals surface area contributed by atoms with E-state index < -0.39 is 11.7 Å². The van der Waals surface area contributed by atoms with Gasteiger partial charge in [-0.1, -0.05) is 25.0 Å². The minimum atomic E-state index is -4.39. The van der Waals surface area contributed by atoms with E-state index in [1.807, 2.05) is 10.6 Å². The molecule has 1 aliphatic carbocycles. The maximum atomic E-state index is 13.0. The van der Waals surface area contributed by atoms with Crippen molar-refractivity contribution in [2.75, 3.05) is 5.32 Å². The molecule has 1 N–H and O–H groups in total. The number of halogens is 3. The first kappa shape index (κ1) is 19.5. The predicted octanol–water partition coefficient (Wildman–Crippen LogP) is 4.57. The molecule has 0 unspecified atom stereocenters. The van der Waals surface area contributed by atoms with Gasteiger partial charge in [0.2, 0.25) is 5.95 Å². The lowest BCUT2D eigenvalue weighted by atomic mass is 10.1. The predicted molar refractivity (Wildman–Crippen MR) is 109 cm³/mol. The highest BCUT2D eigenvalue weighted by atomic mass is 19.4. The molecule has 3 aromatic heterocycles. The third kappa shape index (κ3) is 3.73. The Bertz CT molecular complexity index is 1220. The first-order valence-electron chi connectivity index (χ1n) is 10.1. The summed E-state index contributed by atoms with van der Waals surface area (Å²) in [5.41, 5.74) is 2.27. The van der Waals surface area contributed by atoms with E-state index in [-0.39, 0.29) is 0 Å². The van der Waals surface area contributed by atoms with Gasteiger partial charge >= 0.3 is 6.18 Å². The van der Waals surface area contributed by atoms with Crippen molar-refractivity contribution in [2.24, 2.45) is 7.05 Å². The molecule has 0 spiro atoms. The van der Waals surface area contributed by atoms with Crippen molar-refractivity contribution < 1.29 is 13.2 Å². The molecular weight excluding hydrogens is 407 g/mol. The number of nitrogens with one attached hydrogen (secondary N) is 1. The zero-order valence-electron chi connectivity index (χ0n) is 16.8. The van der Waals surface area contributed by atoms with Gasteiger partial charge in [0.1, 0.15) is 5.69 Å². The summed E-state index contributed by atoms with van der Waals surface area (Å²) in [4.78, 5) is 4.71. The maximum absolute atomic E-state index is 13.0. The number of alkyl halides is 3. The number of aromatic nitrogens is 6. The van der Waals surface area contributed by atoms with Crippen molar-refractivity contribution in [2.45, 2.75) is 37.9 Å². The highest BCUT2D eigenvalue weighted by Gasteiger charge is 2.30. The number of nitrogens with zero attached hydrogens (tertiary/aromatic N) is 6. The number of fused-ring (bicyclic) bond motifs is 1. The average molecular weight is 427 g/mol. The largest absolute Gasteiger partial charge is 0.416 e. The second-order valence-corrected chi connectivity index (χ2v) is 7.80. The molecule has 7 nitrogen and oxygen atoms in total. The van der Waals surface area contributed by atoms with Crippen molar-refractivity contribution in [1.82, 2.24) is 29.4 Å². The van der Waals surface area contributed by atoms with Crippen LogP contribution in [0.15, 0.2) is 42.9 Å². The summed E-state index contributed by atoms with van der Waals surface area (Å²) in [5.74, 6) is 0.600. The van der Waals surface area contributed by atoms with Gasteiger partial charge in [0.25, 0.3) is 0 Å². The second kappa shape index (κ2) is 7.36. The quantitative estimate of drug-likeness (QED) is 0.517. The van der Waals surface area contributed by atoms with E-state index in [1.165, 1.54) is 25.0 Å². The second-order valence-electron chi connectivity index (χ2n) is 7.80. The molecular formula is C21H20F3N7. The number of hydrogen-bond acceptors (Lipinski definition) is 5. The maximum Gasteiger partial charge on any atom is 0.416 e. The third-order valence-electron chi connectivity index (χ3n) is 5.57. The molecule has 1 saturated carbocycles. The molecule has 5 rings (SSSR count). The van der Waals surface area contributed by atoms with E-state index in [0.29, 0.717) is 34.6 Å². The van der Waals surface area contributed by atoms with Crippen LogP contribution in [-0.4, -0.2) is 35.4 Å². The fraction of sp³-hybridized carbons (Fsp3) is 0.333. The number of aryl methyl sites for hydroxylation is 1. The summed E-state index contributed by atoms with van der Waals surface area (Å²) >= 11 is 0. The van der Waals surface area contributed by atoms with Crippen LogP contribution in [0.5, 0.6) is 0 Å². The van der Waals surface area contributed by atoms with Gasteiger partial charge in [0, 0.05) is 36.6 Å². The van der Waals surface area contributed by atoms with E-state index in [2.05, 4.69) is 20.6 Å². The molecule has 10 heteroatoms. The Morgan fingerprint density at radius 1 is 1.00 bits per heavy atom. The molecule has 4 aromatic rings. The Labute approximate surface area is 175 Å². The van der Waals surface area contributed by atoms with Crippen LogP contribution in [0.25, 0.3) is 28.2 Å². The van der Waals surface area contributed by atoms with Crippen LogP contribution >= 0.6 is 0 Å². The fourth-order valence-corrected chi connectivity index (χ4v) is 3.95. The summed E-state index contributed by atoms with van der Waals surface area (Å²) in [7, 11) is 1.80. The van der Waals surface area contributed by atoms with Gasteiger partial charge in [-0.2, -0.15) is 18.3 Å². The van der Waals surface area contributed by atoms with Gasteiger partial charge in [-0.25, -0.2) is 4.98 Å². The summed E-state index contributed by atoms with van der Waals surface area (Å²) in [6.07, 6.45) is 5.36. The van der Waals surface area contributed by atoms with E-state index in [9.17, 15) is 13.2 Å². The summed E-state index contributed by atoms with van der Waals surface area (Å²) in [5, 5.41) is 16.3. The number of anilines is 1. The lowest BCUT2D eigenvalue weighted by Gasteiger charge is -2.13. The molecule has 1 fully saturated rings. The van der Waals surface area contributed by atoms with Crippen molar-refractivity contribution in [3.63, 3.8) is 0 Å². The smallest absolute Gasteiger partial charge is 0.351 e. The Balaban J connectivity index is 1.63. The monoisotopic (exact) mass is 427 g/mol. The summed E-state index contributed by atoms with van der Waals surface area (Å²) in [6, 6.07) is 5.32. The molecule has 1 aliphatic rings. The van der Waals surface area contributed by atoms with Crippen LogP contribution in [0, 0.1) is 0 Å². The molecule has 3 heterocycles. The molecule has 0 aliphatic heterocycles. The topological polar surface area (TPSA) is 72.9 Å². The molecule has 0 saturated heterocycles. The van der Waals surface area contributed by atoms with Crippen LogP contribution in [0.1, 0.15) is 31.2 Å². The van der Waals surface area contributed by atoms with Gasteiger partial charge in [0.15, 0.2) is 5.65 Å². The third-order valence-corrected chi connectivity index (χ3v) is 5.57. The lowest BCUT2D eigenvalue weighted by molar-refractivity contribution is -0.137. The van der Waals surface area contributed by atoms with Crippen molar-refractivity contribution in [1.29, 1.82) is 0 Å². The zero-order valence-corrected chi connectivity index (χ0v) is 16.8.